The van der Waals surface area contributed by atoms with E-state index in [1.54, 1.807) is 6.92 Å². The van der Waals surface area contributed by atoms with Gasteiger partial charge in [0.05, 0.1) is 4.90 Å². The Morgan fingerprint density at radius 1 is 1.43 bits per heavy atom. The Kier molecular flexibility index (Phi) is 2.78. The summed E-state index contributed by atoms with van der Waals surface area (Å²) in [6.07, 6.45) is 1.13. The first-order chi connectivity index (χ1) is 6.45. The maximum absolute atomic E-state index is 11.2. The number of rotatable bonds is 2. The van der Waals surface area contributed by atoms with Crippen LogP contribution in [0.3, 0.4) is 0 Å². The Labute approximate surface area is 81.9 Å². The van der Waals surface area contributed by atoms with Gasteiger partial charge in [0, 0.05) is 16.9 Å². The third-order valence-electron chi connectivity index (χ3n) is 1.75. The van der Waals surface area contributed by atoms with Gasteiger partial charge in [-0.2, -0.15) is 0 Å². The molecule has 74 valence electrons. The van der Waals surface area contributed by atoms with Crippen molar-refractivity contribution >= 4 is 15.5 Å². The number of azide groups is 1. The minimum absolute atomic E-state index is 0.229. The second-order valence-electron chi connectivity index (χ2n) is 2.91. The molecule has 0 fully saturated rings. The summed E-state index contributed by atoms with van der Waals surface area (Å²) in [5.74, 6) is 0. The summed E-state index contributed by atoms with van der Waals surface area (Å²) in [5, 5.41) is 3.42. The van der Waals surface area contributed by atoms with Gasteiger partial charge in [-0.1, -0.05) is 11.2 Å². The van der Waals surface area contributed by atoms with Crippen LogP contribution in [0, 0.1) is 6.92 Å². The lowest BCUT2D eigenvalue weighted by Gasteiger charge is -2.02. The highest BCUT2D eigenvalue weighted by molar-refractivity contribution is 7.90. The van der Waals surface area contributed by atoms with Crippen molar-refractivity contribution in [2.75, 3.05) is 6.26 Å². The topological polar surface area (TPSA) is 82.9 Å². The molecule has 6 heteroatoms. The molecule has 0 unspecified atom stereocenters. The van der Waals surface area contributed by atoms with Crippen LogP contribution in [0.5, 0.6) is 0 Å². The Morgan fingerprint density at radius 2 is 2.07 bits per heavy atom. The normalized spacial score (nSPS) is 10.7. The van der Waals surface area contributed by atoms with E-state index in [0.29, 0.717) is 11.3 Å². The molecule has 0 bridgehead atoms. The molecule has 0 radical (unpaired) electrons. The molecule has 1 rings (SSSR count). The fourth-order valence-electron chi connectivity index (χ4n) is 1.02. The van der Waals surface area contributed by atoms with E-state index in [0.717, 1.165) is 6.26 Å². The first-order valence-corrected chi connectivity index (χ1v) is 5.70. The van der Waals surface area contributed by atoms with Gasteiger partial charge in [0.25, 0.3) is 0 Å². The number of hydrogen-bond donors (Lipinski definition) is 0. The van der Waals surface area contributed by atoms with Crippen molar-refractivity contribution in [2.24, 2.45) is 5.11 Å². The third kappa shape index (κ3) is 2.25. The molecule has 0 N–H and O–H groups in total. The number of hydrogen-bond acceptors (Lipinski definition) is 3. The van der Waals surface area contributed by atoms with Crippen LogP contribution >= 0.6 is 0 Å². The molecule has 1 aromatic rings. The summed E-state index contributed by atoms with van der Waals surface area (Å²) in [5.41, 5.74) is 9.30. The highest BCUT2D eigenvalue weighted by Crippen LogP contribution is 2.22. The molecule has 0 atom stereocenters. The van der Waals surface area contributed by atoms with E-state index in [1.165, 1.54) is 18.2 Å². The Bertz CT molecular complexity index is 501. The van der Waals surface area contributed by atoms with E-state index < -0.39 is 9.84 Å². The van der Waals surface area contributed by atoms with Gasteiger partial charge in [-0.05, 0) is 30.2 Å². The van der Waals surface area contributed by atoms with Crippen molar-refractivity contribution in [2.45, 2.75) is 11.8 Å². The molecule has 0 aliphatic heterocycles. The highest BCUT2D eigenvalue weighted by Gasteiger charge is 2.07. The summed E-state index contributed by atoms with van der Waals surface area (Å²) >= 11 is 0. The van der Waals surface area contributed by atoms with Crippen molar-refractivity contribution in [3.63, 3.8) is 0 Å². The SMILES string of the molecule is Cc1cc(S(C)(=O)=O)ccc1N=[N+]=[N-]. The summed E-state index contributed by atoms with van der Waals surface area (Å²) in [7, 11) is -3.19. The third-order valence-corrected chi connectivity index (χ3v) is 2.86. The second kappa shape index (κ2) is 3.69. The van der Waals surface area contributed by atoms with Gasteiger partial charge in [0.15, 0.2) is 9.84 Å². The molecular formula is C8H9N3O2S. The van der Waals surface area contributed by atoms with Crippen LogP contribution in [-0.4, -0.2) is 14.7 Å². The van der Waals surface area contributed by atoms with Crippen LogP contribution in [0.4, 0.5) is 5.69 Å². The van der Waals surface area contributed by atoms with Crippen molar-refractivity contribution in [3.8, 4) is 0 Å². The number of benzene rings is 1. The molecule has 14 heavy (non-hydrogen) atoms. The molecule has 5 nitrogen and oxygen atoms in total. The number of aryl methyl sites for hydroxylation is 1. The highest BCUT2D eigenvalue weighted by atomic mass is 32.2. The van der Waals surface area contributed by atoms with E-state index in [1.807, 2.05) is 0 Å². The van der Waals surface area contributed by atoms with Crippen LogP contribution in [-0.2, 0) is 9.84 Å². The predicted octanol–water partition coefficient (Wildman–Crippen LogP) is 2.34. The van der Waals surface area contributed by atoms with Gasteiger partial charge in [-0.3, -0.25) is 0 Å². The van der Waals surface area contributed by atoms with Crippen molar-refractivity contribution in [3.05, 3.63) is 34.2 Å². The summed E-state index contributed by atoms with van der Waals surface area (Å²) in [4.78, 5) is 2.86. The Hall–Kier alpha value is -1.52. The minimum atomic E-state index is -3.19. The lowest BCUT2D eigenvalue weighted by atomic mass is 10.2. The van der Waals surface area contributed by atoms with Crippen LogP contribution in [0.15, 0.2) is 28.2 Å². The molecule has 1 aromatic carbocycles. The first-order valence-electron chi connectivity index (χ1n) is 3.81. The molecule has 0 aromatic heterocycles. The van der Waals surface area contributed by atoms with Gasteiger partial charge in [0.2, 0.25) is 0 Å². The predicted molar refractivity (Wildman–Crippen MR) is 53.1 cm³/mol. The largest absolute Gasteiger partial charge is 0.224 e. The van der Waals surface area contributed by atoms with Crippen molar-refractivity contribution in [1.82, 2.24) is 0 Å². The van der Waals surface area contributed by atoms with Crippen molar-refractivity contribution < 1.29 is 8.42 Å². The quantitative estimate of drug-likeness (QED) is 0.427. The molecule has 0 spiro atoms. The molecule has 0 amide bonds. The van der Waals surface area contributed by atoms with Crippen molar-refractivity contribution in [1.29, 1.82) is 0 Å². The summed E-state index contributed by atoms with van der Waals surface area (Å²) < 4.78 is 22.3. The zero-order valence-electron chi connectivity index (χ0n) is 7.80. The van der Waals surface area contributed by atoms with E-state index in [9.17, 15) is 8.42 Å². The average Bonchev–Trinajstić information content (AvgIpc) is 2.07. The zero-order valence-corrected chi connectivity index (χ0v) is 8.61. The first kappa shape index (κ1) is 10.6. The van der Waals surface area contributed by atoms with E-state index in [2.05, 4.69) is 10.0 Å². The van der Waals surface area contributed by atoms with Crippen LogP contribution in [0.25, 0.3) is 10.4 Å². The molecule has 0 aliphatic rings. The number of sulfone groups is 1. The monoisotopic (exact) mass is 211 g/mol. The van der Waals surface area contributed by atoms with E-state index >= 15 is 0 Å². The van der Waals surface area contributed by atoms with Gasteiger partial charge in [-0.25, -0.2) is 8.42 Å². The van der Waals surface area contributed by atoms with Gasteiger partial charge in [-0.15, -0.1) is 0 Å². The van der Waals surface area contributed by atoms with E-state index in [4.69, 9.17) is 5.53 Å². The number of nitrogens with zero attached hydrogens (tertiary/aromatic N) is 3. The fraction of sp³-hybridized carbons (Fsp3) is 0.250. The van der Waals surface area contributed by atoms with Crippen LogP contribution in [0.1, 0.15) is 5.56 Å². The molecule has 0 aliphatic carbocycles. The van der Waals surface area contributed by atoms with Gasteiger partial charge in [0.1, 0.15) is 0 Å². The molecule has 0 saturated carbocycles. The van der Waals surface area contributed by atoms with Crippen LogP contribution < -0.4 is 0 Å². The zero-order chi connectivity index (χ0) is 10.8. The molecule has 0 saturated heterocycles. The van der Waals surface area contributed by atoms with Gasteiger partial charge < -0.3 is 0 Å². The molecule has 0 heterocycles. The fourth-order valence-corrected chi connectivity index (χ4v) is 1.73. The van der Waals surface area contributed by atoms with Crippen LogP contribution in [0.2, 0.25) is 0 Å². The Morgan fingerprint density at radius 3 is 2.50 bits per heavy atom. The lowest BCUT2D eigenvalue weighted by Crippen LogP contribution is -1.96. The molecular weight excluding hydrogens is 202 g/mol. The Balaban J connectivity index is 3.33. The van der Waals surface area contributed by atoms with E-state index in [-0.39, 0.29) is 4.90 Å². The average molecular weight is 211 g/mol. The maximum atomic E-state index is 11.2. The lowest BCUT2D eigenvalue weighted by molar-refractivity contribution is 0.602. The maximum Gasteiger partial charge on any atom is 0.175 e. The smallest absolute Gasteiger partial charge is 0.175 e. The minimum Gasteiger partial charge on any atom is -0.224 e. The summed E-state index contributed by atoms with van der Waals surface area (Å²) in [6.45, 7) is 1.69. The standard InChI is InChI=1S/C8H9N3O2S/c1-6-5-7(14(2,12)13)3-4-8(6)10-11-9/h3-5H,1-2H3. The second-order valence-corrected chi connectivity index (χ2v) is 4.93. The summed E-state index contributed by atoms with van der Waals surface area (Å²) in [6, 6.07) is 4.40. The van der Waals surface area contributed by atoms with Gasteiger partial charge >= 0.3 is 0 Å².